The SMILES string of the molecule is O=C(/C=C/c1cccc(F)c1)Nc1ccc2oc3ccccc3c2c1. The van der Waals surface area contributed by atoms with E-state index in [1.54, 1.807) is 24.3 Å². The number of rotatable bonds is 3. The fourth-order valence-electron chi connectivity index (χ4n) is 2.77. The Morgan fingerprint density at radius 2 is 1.76 bits per heavy atom. The molecule has 1 amide bonds. The standard InChI is InChI=1S/C21H14FNO2/c22-15-5-3-4-14(12-15)8-11-21(24)23-16-9-10-20-18(13-16)17-6-1-2-7-19(17)25-20/h1-13H,(H,23,24)/b11-8+. The van der Waals surface area contributed by atoms with Crippen LogP contribution in [0.3, 0.4) is 0 Å². The molecule has 3 nitrogen and oxygen atoms in total. The Kier molecular flexibility index (Phi) is 3.78. The summed E-state index contributed by atoms with van der Waals surface area (Å²) in [5.74, 6) is -0.615. The molecule has 0 aliphatic rings. The molecular weight excluding hydrogens is 317 g/mol. The highest BCUT2D eigenvalue weighted by molar-refractivity contribution is 6.08. The number of carbonyl (C=O) groups excluding carboxylic acids is 1. The second kappa shape index (κ2) is 6.24. The van der Waals surface area contributed by atoms with Gasteiger partial charge < -0.3 is 9.73 Å². The summed E-state index contributed by atoms with van der Waals surface area (Å²) in [6.45, 7) is 0. The number of furan rings is 1. The number of hydrogen-bond donors (Lipinski definition) is 1. The molecule has 0 fully saturated rings. The summed E-state index contributed by atoms with van der Waals surface area (Å²) in [6.07, 6.45) is 2.95. The molecule has 0 aliphatic carbocycles. The first-order valence-corrected chi connectivity index (χ1v) is 7.85. The number of halogens is 1. The zero-order chi connectivity index (χ0) is 17.2. The van der Waals surface area contributed by atoms with Crippen LogP contribution in [0.4, 0.5) is 10.1 Å². The third-order valence-corrected chi connectivity index (χ3v) is 3.92. The maximum atomic E-state index is 13.1. The minimum absolute atomic E-state index is 0.281. The van der Waals surface area contributed by atoms with E-state index >= 15 is 0 Å². The van der Waals surface area contributed by atoms with Crippen molar-refractivity contribution >= 4 is 39.6 Å². The van der Waals surface area contributed by atoms with Crippen LogP contribution in [0, 0.1) is 5.82 Å². The van der Waals surface area contributed by atoms with E-state index in [9.17, 15) is 9.18 Å². The van der Waals surface area contributed by atoms with E-state index in [-0.39, 0.29) is 11.7 Å². The van der Waals surface area contributed by atoms with Crippen LogP contribution in [0.2, 0.25) is 0 Å². The van der Waals surface area contributed by atoms with Crippen molar-refractivity contribution in [3.05, 3.63) is 84.2 Å². The second-order valence-electron chi connectivity index (χ2n) is 5.69. The summed E-state index contributed by atoms with van der Waals surface area (Å²) in [7, 11) is 0. The largest absolute Gasteiger partial charge is 0.456 e. The maximum Gasteiger partial charge on any atom is 0.248 e. The Hall–Kier alpha value is -3.40. The maximum absolute atomic E-state index is 13.1. The molecule has 4 rings (SSSR count). The first-order valence-electron chi connectivity index (χ1n) is 7.85. The summed E-state index contributed by atoms with van der Waals surface area (Å²) in [6, 6.07) is 19.3. The van der Waals surface area contributed by atoms with Crippen molar-refractivity contribution in [2.24, 2.45) is 0 Å². The van der Waals surface area contributed by atoms with Gasteiger partial charge in [0.1, 0.15) is 17.0 Å². The van der Waals surface area contributed by atoms with Gasteiger partial charge in [-0.2, -0.15) is 0 Å². The molecule has 0 saturated heterocycles. The van der Waals surface area contributed by atoms with Crippen molar-refractivity contribution in [2.75, 3.05) is 5.32 Å². The number of benzene rings is 3. The lowest BCUT2D eigenvalue weighted by atomic mass is 10.1. The van der Waals surface area contributed by atoms with E-state index in [2.05, 4.69) is 5.32 Å². The van der Waals surface area contributed by atoms with Crippen LogP contribution in [0.15, 0.2) is 77.2 Å². The highest BCUT2D eigenvalue weighted by atomic mass is 19.1. The number of amides is 1. The average Bonchev–Trinajstić information content (AvgIpc) is 2.98. The molecule has 0 unspecified atom stereocenters. The Balaban J connectivity index is 1.57. The normalized spacial score (nSPS) is 11.4. The van der Waals surface area contributed by atoms with Gasteiger partial charge in [-0.1, -0.05) is 30.3 Å². The van der Waals surface area contributed by atoms with Gasteiger partial charge in [0.2, 0.25) is 5.91 Å². The number of fused-ring (bicyclic) bond motifs is 3. The van der Waals surface area contributed by atoms with Crippen molar-refractivity contribution in [3.63, 3.8) is 0 Å². The molecule has 0 aliphatic heterocycles. The number of nitrogens with one attached hydrogen (secondary N) is 1. The Morgan fingerprint density at radius 1 is 0.920 bits per heavy atom. The van der Waals surface area contributed by atoms with E-state index < -0.39 is 0 Å². The molecule has 25 heavy (non-hydrogen) atoms. The molecule has 0 saturated carbocycles. The van der Waals surface area contributed by atoms with Crippen molar-refractivity contribution in [1.82, 2.24) is 0 Å². The van der Waals surface area contributed by atoms with Crippen LogP contribution in [0.5, 0.6) is 0 Å². The Morgan fingerprint density at radius 3 is 2.64 bits per heavy atom. The lowest BCUT2D eigenvalue weighted by Crippen LogP contribution is -2.07. The predicted molar refractivity (Wildman–Crippen MR) is 97.8 cm³/mol. The summed E-state index contributed by atoms with van der Waals surface area (Å²) in [4.78, 5) is 12.1. The monoisotopic (exact) mass is 331 g/mol. The van der Waals surface area contributed by atoms with Gasteiger partial charge in [0, 0.05) is 22.5 Å². The lowest BCUT2D eigenvalue weighted by Gasteiger charge is -2.02. The molecule has 1 N–H and O–H groups in total. The molecule has 3 aromatic carbocycles. The molecule has 0 bridgehead atoms. The smallest absolute Gasteiger partial charge is 0.248 e. The fourth-order valence-corrected chi connectivity index (χ4v) is 2.77. The van der Waals surface area contributed by atoms with Gasteiger partial charge in [0.25, 0.3) is 0 Å². The third-order valence-electron chi connectivity index (χ3n) is 3.92. The third kappa shape index (κ3) is 3.15. The van der Waals surface area contributed by atoms with Gasteiger partial charge in [-0.05, 0) is 48.0 Å². The molecule has 4 aromatic rings. The lowest BCUT2D eigenvalue weighted by molar-refractivity contribution is -0.111. The van der Waals surface area contributed by atoms with Gasteiger partial charge in [0.05, 0.1) is 0 Å². The highest BCUT2D eigenvalue weighted by Crippen LogP contribution is 2.30. The van der Waals surface area contributed by atoms with Crippen LogP contribution >= 0.6 is 0 Å². The quantitative estimate of drug-likeness (QED) is 0.512. The minimum Gasteiger partial charge on any atom is -0.456 e. The first kappa shape index (κ1) is 15.1. The molecule has 0 spiro atoms. The minimum atomic E-state index is -0.333. The van der Waals surface area contributed by atoms with Gasteiger partial charge >= 0.3 is 0 Å². The average molecular weight is 331 g/mol. The molecule has 122 valence electrons. The number of para-hydroxylation sites is 1. The zero-order valence-electron chi connectivity index (χ0n) is 13.2. The van der Waals surface area contributed by atoms with Gasteiger partial charge in [0.15, 0.2) is 0 Å². The fraction of sp³-hybridized carbons (Fsp3) is 0. The highest BCUT2D eigenvalue weighted by Gasteiger charge is 2.07. The predicted octanol–water partition coefficient (Wildman–Crippen LogP) is 5.38. The van der Waals surface area contributed by atoms with Gasteiger partial charge in [-0.15, -0.1) is 0 Å². The molecule has 4 heteroatoms. The van der Waals surface area contributed by atoms with Crippen molar-refractivity contribution in [2.45, 2.75) is 0 Å². The van der Waals surface area contributed by atoms with Crippen molar-refractivity contribution in [3.8, 4) is 0 Å². The van der Waals surface area contributed by atoms with Crippen LogP contribution < -0.4 is 5.32 Å². The van der Waals surface area contributed by atoms with Crippen LogP contribution in [0.1, 0.15) is 5.56 Å². The summed E-state index contributed by atoms with van der Waals surface area (Å²) < 4.78 is 18.9. The van der Waals surface area contributed by atoms with Crippen LogP contribution in [-0.4, -0.2) is 5.91 Å². The number of anilines is 1. The first-order chi connectivity index (χ1) is 12.2. The zero-order valence-corrected chi connectivity index (χ0v) is 13.2. The number of hydrogen-bond acceptors (Lipinski definition) is 2. The number of carbonyl (C=O) groups is 1. The van der Waals surface area contributed by atoms with E-state index in [4.69, 9.17) is 4.42 Å². The van der Waals surface area contributed by atoms with Crippen molar-refractivity contribution in [1.29, 1.82) is 0 Å². The summed E-state index contributed by atoms with van der Waals surface area (Å²) in [5, 5.41) is 4.76. The molecule has 0 radical (unpaired) electrons. The van der Waals surface area contributed by atoms with Crippen LogP contribution in [-0.2, 0) is 4.79 Å². The Bertz CT molecular complexity index is 1110. The van der Waals surface area contributed by atoms with E-state index in [0.717, 1.165) is 21.9 Å². The Labute approximate surface area is 143 Å². The second-order valence-corrected chi connectivity index (χ2v) is 5.69. The topological polar surface area (TPSA) is 42.2 Å². The van der Waals surface area contributed by atoms with E-state index in [0.29, 0.717) is 11.3 Å². The summed E-state index contributed by atoms with van der Waals surface area (Å²) in [5.41, 5.74) is 2.89. The molecular formula is C21H14FNO2. The molecule has 0 atom stereocenters. The van der Waals surface area contributed by atoms with Gasteiger partial charge in [-0.3, -0.25) is 4.79 Å². The van der Waals surface area contributed by atoms with Gasteiger partial charge in [-0.25, -0.2) is 4.39 Å². The van der Waals surface area contributed by atoms with Crippen LogP contribution in [0.25, 0.3) is 28.0 Å². The molecule has 1 aromatic heterocycles. The summed E-state index contributed by atoms with van der Waals surface area (Å²) >= 11 is 0. The molecule has 1 heterocycles. The van der Waals surface area contributed by atoms with Crippen molar-refractivity contribution < 1.29 is 13.6 Å². The van der Waals surface area contributed by atoms with E-state index in [1.807, 2.05) is 36.4 Å². The van der Waals surface area contributed by atoms with E-state index in [1.165, 1.54) is 18.2 Å².